The zero-order valence-corrected chi connectivity index (χ0v) is 11.4. The standard InChI is InChI=1S/C13H12N2O6/c1-8(12(16)20-2)5-6-14-10-7-9(15(18)19)3-4-11(10)21-13(14)17/h3-5,7H,6H2,1-2H3. The van der Waals surface area contributed by atoms with Gasteiger partial charge >= 0.3 is 11.7 Å². The van der Waals surface area contributed by atoms with Crippen molar-refractivity contribution < 1.29 is 18.9 Å². The van der Waals surface area contributed by atoms with Crippen LogP contribution in [0.15, 0.2) is 39.1 Å². The lowest BCUT2D eigenvalue weighted by molar-refractivity contribution is -0.384. The van der Waals surface area contributed by atoms with Gasteiger partial charge in [-0.1, -0.05) is 6.08 Å². The van der Waals surface area contributed by atoms with Gasteiger partial charge in [-0.25, -0.2) is 9.59 Å². The van der Waals surface area contributed by atoms with Crippen LogP contribution in [0.1, 0.15) is 6.92 Å². The molecule has 0 N–H and O–H groups in total. The van der Waals surface area contributed by atoms with Crippen molar-refractivity contribution in [3.05, 3.63) is 50.5 Å². The normalized spacial score (nSPS) is 11.6. The number of rotatable bonds is 4. The van der Waals surface area contributed by atoms with E-state index in [1.165, 1.54) is 36.0 Å². The lowest BCUT2D eigenvalue weighted by Crippen LogP contribution is -2.14. The van der Waals surface area contributed by atoms with E-state index in [1.54, 1.807) is 6.92 Å². The Bertz CT molecular complexity index is 799. The molecule has 1 aromatic heterocycles. The van der Waals surface area contributed by atoms with E-state index in [0.717, 1.165) is 0 Å². The quantitative estimate of drug-likeness (QED) is 0.367. The Kier molecular flexibility index (Phi) is 3.88. The van der Waals surface area contributed by atoms with Crippen LogP contribution in [0, 0.1) is 10.1 Å². The first-order valence-electron chi connectivity index (χ1n) is 5.97. The van der Waals surface area contributed by atoms with Gasteiger partial charge in [0.15, 0.2) is 5.58 Å². The van der Waals surface area contributed by atoms with E-state index >= 15 is 0 Å². The maximum absolute atomic E-state index is 11.8. The molecule has 0 saturated carbocycles. The van der Waals surface area contributed by atoms with Crippen LogP contribution in [0.3, 0.4) is 0 Å². The monoisotopic (exact) mass is 292 g/mol. The molecule has 110 valence electrons. The van der Waals surface area contributed by atoms with E-state index < -0.39 is 16.6 Å². The summed E-state index contributed by atoms with van der Waals surface area (Å²) >= 11 is 0. The minimum atomic E-state index is -0.653. The summed E-state index contributed by atoms with van der Waals surface area (Å²) in [5, 5.41) is 10.8. The first kappa shape index (κ1) is 14.5. The van der Waals surface area contributed by atoms with Gasteiger partial charge in [-0.05, 0) is 13.0 Å². The summed E-state index contributed by atoms with van der Waals surface area (Å²) < 4.78 is 10.7. The van der Waals surface area contributed by atoms with Crippen molar-refractivity contribution in [2.75, 3.05) is 7.11 Å². The molecule has 1 heterocycles. The van der Waals surface area contributed by atoms with Crippen molar-refractivity contribution >= 4 is 22.8 Å². The molecule has 0 atom stereocenters. The number of oxazole rings is 1. The number of nitrogens with zero attached hydrogens (tertiary/aromatic N) is 2. The van der Waals surface area contributed by atoms with Crippen molar-refractivity contribution in [2.24, 2.45) is 0 Å². The van der Waals surface area contributed by atoms with Crippen molar-refractivity contribution in [1.82, 2.24) is 4.57 Å². The molecule has 0 saturated heterocycles. The van der Waals surface area contributed by atoms with Crippen LogP contribution < -0.4 is 5.76 Å². The molecule has 8 heteroatoms. The molecule has 0 bridgehead atoms. The lowest BCUT2D eigenvalue weighted by atomic mass is 10.2. The number of esters is 1. The highest BCUT2D eigenvalue weighted by Gasteiger charge is 2.14. The molecule has 0 radical (unpaired) electrons. The van der Waals surface area contributed by atoms with Crippen LogP contribution in [0.5, 0.6) is 0 Å². The zero-order chi connectivity index (χ0) is 15.6. The van der Waals surface area contributed by atoms with Gasteiger partial charge in [0.05, 0.1) is 17.5 Å². The van der Waals surface area contributed by atoms with Gasteiger partial charge in [-0.15, -0.1) is 0 Å². The molecule has 8 nitrogen and oxygen atoms in total. The van der Waals surface area contributed by atoms with Crippen molar-refractivity contribution in [3.8, 4) is 0 Å². The number of non-ortho nitro benzene ring substituents is 1. The molecule has 2 rings (SSSR count). The van der Waals surface area contributed by atoms with E-state index in [-0.39, 0.29) is 17.8 Å². The van der Waals surface area contributed by atoms with Crippen LogP contribution in [-0.4, -0.2) is 22.6 Å². The van der Waals surface area contributed by atoms with Gasteiger partial charge in [0, 0.05) is 24.3 Å². The van der Waals surface area contributed by atoms with E-state index in [4.69, 9.17) is 4.42 Å². The summed E-state index contributed by atoms with van der Waals surface area (Å²) in [5.74, 6) is -1.17. The Hall–Kier alpha value is -2.90. The molecule has 1 aromatic carbocycles. The molecule has 0 fully saturated rings. The number of carbonyl (C=O) groups is 1. The predicted octanol–water partition coefficient (Wildman–Crippen LogP) is 1.62. The number of carbonyl (C=O) groups excluding carboxylic acids is 1. The summed E-state index contributed by atoms with van der Waals surface area (Å²) in [6.45, 7) is 1.59. The summed E-state index contributed by atoms with van der Waals surface area (Å²) in [7, 11) is 1.25. The number of aromatic nitrogens is 1. The molecule has 0 amide bonds. The smallest absolute Gasteiger partial charge is 0.420 e. The number of nitro benzene ring substituents is 1. The molecule has 0 aliphatic rings. The van der Waals surface area contributed by atoms with Crippen molar-refractivity contribution in [3.63, 3.8) is 0 Å². The van der Waals surface area contributed by atoms with Crippen molar-refractivity contribution in [2.45, 2.75) is 13.5 Å². The minimum absolute atomic E-state index is 0.0495. The van der Waals surface area contributed by atoms with Crippen molar-refractivity contribution in [1.29, 1.82) is 0 Å². The number of hydrogen-bond acceptors (Lipinski definition) is 6. The van der Waals surface area contributed by atoms with E-state index in [1.807, 2.05) is 0 Å². The van der Waals surface area contributed by atoms with E-state index in [0.29, 0.717) is 11.1 Å². The molecule has 0 aliphatic carbocycles. The first-order valence-corrected chi connectivity index (χ1v) is 5.97. The van der Waals surface area contributed by atoms with Gasteiger partial charge in [0.2, 0.25) is 0 Å². The summed E-state index contributed by atoms with van der Waals surface area (Å²) in [5.41, 5.74) is 0.715. The number of allylic oxidation sites excluding steroid dienone is 1. The van der Waals surface area contributed by atoms with Crippen LogP contribution in [0.2, 0.25) is 0 Å². The Morgan fingerprint density at radius 1 is 1.52 bits per heavy atom. The molecule has 2 aromatic rings. The maximum atomic E-state index is 11.8. The van der Waals surface area contributed by atoms with E-state index in [9.17, 15) is 19.7 Å². The Morgan fingerprint density at radius 3 is 2.86 bits per heavy atom. The summed E-state index contributed by atoms with van der Waals surface area (Å²) in [6, 6.07) is 3.87. The Balaban J connectivity index is 2.46. The number of benzene rings is 1. The summed E-state index contributed by atoms with van der Waals surface area (Å²) in [4.78, 5) is 33.2. The molecule has 21 heavy (non-hydrogen) atoms. The number of hydrogen-bond donors (Lipinski definition) is 0. The number of nitro groups is 1. The van der Waals surface area contributed by atoms with Gasteiger partial charge in [0.1, 0.15) is 0 Å². The highest BCUT2D eigenvalue weighted by Crippen LogP contribution is 2.20. The molecular weight excluding hydrogens is 280 g/mol. The lowest BCUT2D eigenvalue weighted by Gasteiger charge is -2.00. The third kappa shape index (κ3) is 2.83. The topological polar surface area (TPSA) is 105 Å². The first-order chi connectivity index (χ1) is 9.93. The van der Waals surface area contributed by atoms with E-state index in [2.05, 4.69) is 4.74 Å². The number of methoxy groups -OCH3 is 1. The number of fused-ring (bicyclic) bond motifs is 1. The zero-order valence-electron chi connectivity index (χ0n) is 11.4. The highest BCUT2D eigenvalue weighted by molar-refractivity contribution is 5.87. The second-order valence-electron chi connectivity index (χ2n) is 4.27. The average molecular weight is 292 g/mol. The third-order valence-corrected chi connectivity index (χ3v) is 2.95. The Morgan fingerprint density at radius 2 is 2.24 bits per heavy atom. The van der Waals surface area contributed by atoms with Crippen LogP contribution in [-0.2, 0) is 16.1 Å². The second-order valence-corrected chi connectivity index (χ2v) is 4.27. The Labute approximate surface area is 118 Å². The predicted molar refractivity (Wildman–Crippen MR) is 72.9 cm³/mol. The molecule has 0 spiro atoms. The van der Waals surface area contributed by atoms with Gasteiger partial charge in [0.25, 0.3) is 5.69 Å². The fourth-order valence-electron chi connectivity index (χ4n) is 1.81. The largest absolute Gasteiger partial charge is 0.466 e. The van der Waals surface area contributed by atoms with Crippen LogP contribution >= 0.6 is 0 Å². The molecule has 0 aliphatic heterocycles. The van der Waals surface area contributed by atoms with Crippen LogP contribution in [0.25, 0.3) is 11.1 Å². The average Bonchev–Trinajstić information content (AvgIpc) is 2.78. The SMILES string of the molecule is COC(=O)C(C)=CCn1c(=O)oc2ccc([N+](=O)[O-])cc21. The molecular formula is C13H12N2O6. The molecule has 0 unspecified atom stereocenters. The fourth-order valence-corrected chi connectivity index (χ4v) is 1.81. The highest BCUT2D eigenvalue weighted by atomic mass is 16.6. The fraction of sp³-hybridized carbons (Fsp3) is 0.231. The minimum Gasteiger partial charge on any atom is -0.466 e. The number of ether oxygens (including phenoxy) is 1. The third-order valence-electron chi connectivity index (χ3n) is 2.95. The summed E-state index contributed by atoms with van der Waals surface area (Å²) in [6.07, 6.45) is 1.49. The van der Waals surface area contributed by atoms with Gasteiger partial charge in [-0.3, -0.25) is 14.7 Å². The van der Waals surface area contributed by atoms with Gasteiger partial charge < -0.3 is 9.15 Å². The maximum Gasteiger partial charge on any atom is 0.420 e. The second kappa shape index (κ2) is 5.61. The van der Waals surface area contributed by atoms with Crippen LogP contribution in [0.4, 0.5) is 5.69 Å². The van der Waals surface area contributed by atoms with Gasteiger partial charge in [-0.2, -0.15) is 0 Å².